The van der Waals surface area contributed by atoms with Gasteiger partial charge in [0.2, 0.25) is 0 Å². The fourth-order valence-corrected chi connectivity index (χ4v) is 2.56. The van der Waals surface area contributed by atoms with E-state index >= 15 is 0 Å². The van der Waals surface area contributed by atoms with Crippen molar-refractivity contribution in [2.24, 2.45) is 0 Å². The Morgan fingerprint density at radius 2 is 1.46 bits per heavy atom. The molecule has 0 spiro atoms. The molecule has 0 aromatic carbocycles. The third kappa shape index (κ3) is 1.39. The fourth-order valence-electron chi connectivity index (χ4n) is 2.56. The monoisotopic (exact) mass is 187 g/mol. The van der Waals surface area contributed by atoms with Crippen LogP contribution in [-0.4, -0.2) is 23.0 Å². The lowest BCUT2D eigenvalue weighted by Gasteiger charge is -2.61. The molecule has 1 fully saturated rings. The molecular formula is C10H21NO2. The Bertz CT molecular complexity index is 183. The second-order valence-corrected chi connectivity index (χ2v) is 5.21. The molecule has 1 saturated heterocycles. The van der Waals surface area contributed by atoms with Crippen LogP contribution < -0.4 is 0 Å². The van der Waals surface area contributed by atoms with Gasteiger partial charge in [0, 0.05) is 12.8 Å². The van der Waals surface area contributed by atoms with Gasteiger partial charge in [0.05, 0.1) is 7.11 Å². The van der Waals surface area contributed by atoms with Crippen LogP contribution in [-0.2, 0) is 4.84 Å². The SMILES string of the molecule is CO[N+]1([O-])C(C)(C)CCCC1(C)C. The van der Waals surface area contributed by atoms with Crippen LogP contribution in [0, 0.1) is 5.21 Å². The van der Waals surface area contributed by atoms with Crippen molar-refractivity contribution >= 4 is 0 Å². The number of hydrogen-bond donors (Lipinski definition) is 0. The Kier molecular flexibility index (Phi) is 2.48. The highest BCUT2D eigenvalue weighted by atomic mass is 16.9. The molecule has 0 bridgehead atoms. The molecule has 3 heteroatoms. The summed E-state index contributed by atoms with van der Waals surface area (Å²) in [5.41, 5.74) is -0.646. The molecule has 0 amide bonds. The Labute approximate surface area is 80.8 Å². The van der Waals surface area contributed by atoms with Crippen LogP contribution in [0.25, 0.3) is 0 Å². The van der Waals surface area contributed by atoms with Crippen molar-refractivity contribution in [1.29, 1.82) is 0 Å². The minimum Gasteiger partial charge on any atom is -0.597 e. The predicted octanol–water partition coefficient (Wildman–Crippen LogP) is 2.60. The average molecular weight is 187 g/mol. The molecular weight excluding hydrogens is 166 g/mol. The average Bonchev–Trinajstić information content (AvgIpc) is 1.99. The van der Waals surface area contributed by atoms with Gasteiger partial charge in [-0.15, -0.1) is 0 Å². The summed E-state index contributed by atoms with van der Waals surface area (Å²) < 4.78 is 0. The molecule has 0 aliphatic carbocycles. The second kappa shape index (κ2) is 2.94. The van der Waals surface area contributed by atoms with E-state index in [1.807, 2.05) is 27.7 Å². The molecule has 1 aliphatic heterocycles. The van der Waals surface area contributed by atoms with Gasteiger partial charge in [0.25, 0.3) is 0 Å². The van der Waals surface area contributed by atoms with Crippen molar-refractivity contribution in [3.63, 3.8) is 0 Å². The van der Waals surface area contributed by atoms with E-state index in [-0.39, 0.29) is 11.1 Å². The third-order valence-corrected chi connectivity index (χ3v) is 3.43. The molecule has 13 heavy (non-hydrogen) atoms. The van der Waals surface area contributed by atoms with Crippen molar-refractivity contribution in [3.8, 4) is 0 Å². The summed E-state index contributed by atoms with van der Waals surface area (Å²) in [6, 6.07) is 0. The summed E-state index contributed by atoms with van der Waals surface area (Å²) in [7, 11) is 1.52. The van der Waals surface area contributed by atoms with Gasteiger partial charge in [-0.05, 0) is 34.1 Å². The summed E-state index contributed by atoms with van der Waals surface area (Å²) in [6.45, 7) is 7.96. The smallest absolute Gasteiger partial charge is 0.123 e. The van der Waals surface area contributed by atoms with Gasteiger partial charge in [-0.2, -0.15) is 0 Å². The van der Waals surface area contributed by atoms with E-state index < -0.39 is 4.81 Å². The maximum absolute atomic E-state index is 12.5. The maximum atomic E-state index is 12.5. The van der Waals surface area contributed by atoms with Gasteiger partial charge in [-0.25, -0.2) is 9.65 Å². The summed E-state index contributed by atoms with van der Waals surface area (Å²) in [4.78, 5) is 4.66. The molecule has 0 unspecified atom stereocenters. The highest BCUT2D eigenvalue weighted by Gasteiger charge is 2.52. The predicted molar refractivity (Wildman–Crippen MR) is 52.6 cm³/mol. The first-order valence-electron chi connectivity index (χ1n) is 4.93. The van der Waals surface area contributed by atoms with E-state index in [2.05, 4.69) is 0 Å². The van der Waals surface area contributed by atoms with Crippen LogP contribution in [0.15, 0.2) is 0 Å². The second-order valence-electron chi connectivity index (χ2n) is 5.21. The van der Waals surface area contributed by atoms with Crippen molar-refractivity contribution < 1.29 is 9.65 Å². The molecule has 0 atom stereocenters. The third-order valence-electron chi connectivity index (χ3n) is 3.43. The summed E-state index contributed by atoms with van der Waals surface area (Å²) in [5.74, 6) is 0. The van der Waals surface area contributed by atoms with Gasteiger partial charge in [-0.3, -0.25) is 0 Å². The standard InChI is InChI=1S/C10H21NO2/c1-9(2)7-6-8-10(3,4)11(9,12)13-5/h6-8H2,1-5H3. The summed E-state index contributed by atoms with van der Waals surface area (Å²) >= 11 is 0. The molecule has 1 aliphatic rings. The number of hydrogen-bond acceptors (Lipinski definition) is 2. The number of hydroxylamine groups is 4. The minimum atomic E-state index is -0.528. The van der Waals surface area contributed by atoms with Crippen molar-refractivity contribution in [2.75, 3.05) is 7.11 Å². The lowest BCUT2D eigenvalue weighted by molar-refractivity contribution is -1.14. The van der Waals surface area contributed by atoms with Crippen LogP contribution in [0.1, 0.15) is 47.0 Å². The summed E-state index contributed by atoms with van der Waals surface area (Å²) in [5, 5.41) is 12.5. The zero-order chi connectivity index (χ0) is 10.3. The first-order valence-corrected chi connectivity index (χ1v) is 4.93. The number of piperidine rings is 1. The van der Waals surface area contributed by atoms with Crippen molar-refractivity contribution in [3.05, 3.63) is 5.21 Å². The molecule has 78 valence electrons. The van der Waals surface area contributed by atoms with Crippen LogP contribution in [0.3, 0.4) is 0 Å². The molecule has 1 heterocycles. The lowest BCUT2D eigenvalue weighted by Crippen LogP contribution is -2.69. The lowest BCUT2D eigenvalue weighted by atomic mass is 9.81. The zero-order valence-electron chi connectivity index (χ0n) is 9.39. The van der Waals surface area contributed by atoms with E-state index in [9.17, 15) is 5.21 Å². The van der Waals surface area contributed by atoms with Gasteiger partial charge < -0.3 is 5.21 Å². The number of quaternary nitrogens is 1. The van der Waals surface area contributed by atoms with Gasteiger partial charge in [-0.1, -0.05) is 0 Å². The van der Waals surface area contributed by atoms with E-state index in [1.165, 1.54) is 7.11 Å². The van der Waals surface area contributed by atoms with Crippen LogP contribution in [0.5, 0.6) is 0 Å². The zero-order valence-corrected chi connectivity index (χ0v) is 9.39. The van der Waals surface area contributed by atoms with Crippen LogP contribution in [0.4, 0.5) is 0 Å². The molecule has 0 radical (unpaired) electrons. The molecule has 0 N–H and O–H groups in total. The highest BCUT2D eigenvalue weighted by molar-refractivity contribution is 4.84. The van der Waals surface area contributed by atoms with Crippen molar-refractivity contribution in [2.45, 2.75) is 58.0 Å². The van der Waals surface area contributed by atoms with E-state index in [0.717, 1.165) is 19.3 Å². The highest BCUT2D eigenvalue weighted by Crippen LogP contribution is 2.44. The van der Waals surface area contributed by atoms with Crippen LogP contribution in [0.2, 0.25) is 0 Å². The minimum absolute atomic E-state index is 0.323. The van der Waals surface area contributed by atoms with Gasteiger partial charge in [0.15, 0.2) is 0 Å². The number of rotatable bonds is 1. The molecule has 3 nitrogen and oxygen atoms in total. The largest absolute Gasteiger partial charge is 0.597 e. The Hall–Kier alpha value is -0.120. The van der Waals surface area contributed by atoms with Gasteiger partial charge in [0.1, 0.15) is 11.1 Å². The molecule has 1 rings (SSSR count). The summed E-state index contributed by atoms with van der Waals surface area (Å²) in [6.07, 6.45) is 2.99. The Morgan fingerprint density at radius 1 is 1.08 bits per heavy atom. The quantitative estimate of drug-likeness (QED) is 0.467. The molecule has 0 aromatic heterocycles. The molecule has 0 saturated carbocycles. The van der Waals surface area contributed by atoms with Crippen molar-refractivity contribution in [1.82, 2.24) is 0 Å². The number of nitrogens with zero attached hydrogens (tertiary/aromatic N) is 1. The maximum Gasteiger partial charge on any atom is 0.123 e. The first kappa shape index (κ1) is 11.0. The topological polar surface area (TPSA) is 32.3 Å². The van der Waals surface area contributed by atoms with Crippen LogP contribution >= 0.6 is 0 Å². The first-order chi connectivity index (χ1) is 5.77. The fraction of sp³-hybridized carbons (Fsp3) is 1.00. The normalized spacial score (nSPS) is 30.0. The van der Waals surface area contributed by atoms with E-state index in [0.29, 0.717) is 0 Å². The Morgan fingerprint density at radius 3 is 1.69 bits per heavy atom. The molecule has 0 aromatic rings. The van der Waals surface area contributed by atoms with E-state index in [4.69, 9.17) is 4.84 Å². The van der Waals surface area contributed by atoms with E-state index in [1.54, 1.807) is 0 Å². The Balaban J connectivity index is 3.05. The van der Waals surface area contributed by atoms with Gasteiger partial charge >= 0.3 is 0 Å².